The number of hydrogen-bond acceptors (Lipinski definition) is 6. The molecule has 210 valence electrons. The molecule has 0 spiro atoms. The Morgan fingerprint density at radius 1 is 0.571 bits per heavy atom. The molecule has 0 atom stereocenters. The van der Waals surface area contributed by atoms with Crippen LogP contribution in [0.2, 0.25) is 0 Å². The van der Waals surface area contributed by atoms with Crippen molar-refractivity contribution in [2.45, 2.75) is 39.9 Å². The second-order valence-corrected chi connectivity index (χ2v) is 10.3. The summed E-state index contributed by atoms with van der Waals surface area (Å²) in [5, 5.41) is 3.97. The van der Waals surface area contributed by atoms with E-state index < -0.39 is 23.1 Å². The average molecular weight is 561 g/mol. The van der Waals surface area contributed by atoms with Crippen molar-refractivity contribution in [1.82, 2.24) is 9.03 Å². The van der Waals surface area contributed by atoms with Crippen LogP contribution in [-0.4, -0.2) is 21.0 Å². The van der Waals surface area contributed by atoms with Gasteiger partial charge in [0.1, 0.15) is 13.2 Å². The van der Waals surface area contributed by atoms with Crippen LogP contribution in [0.3, 0.4) is 0 Å². The van der Waals surface area contributed by atoms with Crippen LogP contribution in [0, 0.1) is 13.8 Å². The third-order valence-corrected chi connectivity index (χ3v) is 7.77. The maximum atomic E-state index is 13.0. The van der Waals surface area contributed by atoms with Gasteiger partial charge in [0.15, 0.2) is 0 Å². The lowest BCUT2D eigenvalue weighted by atomic mass is 10.0. The molecule has 0 saturated heterocycles. The Morgan fingerprint density at radius 2 is 0.976 bits per heavy atom. The Balaban J connectivity index is 1.22. The number of nitrogens with zero attached hydrogens (tertiary/aromatic N) is 2. The maximum absolute atomic E-state index is 13.0. The van der Waals surface area contributed by atoms with E-state index in [4.69, 9.17) is 9.47 Å². The van der Waals surface area contributed by atoms with Crippen LogP contribution in [0.5, 0.6) is 0 Å². The van der Waals surface area contributed by atoms with E-state index in [0.717, 1.165) is 37.2 Å². The van der Waals surface area contributed by atoms with Gasteiger partial charge in [0.25, 0.3) is 11.1 Å². The summed E-state index contributed by atoms with van der Waals surface area (Å²) in [6.45, 7) is 2.74. The number of esters is 2. The lowest BCUT2D eigenvalue weighted by molar-refractivity contribution is -0.144. The molecule has 42 heavy (non-hydrogen) atoms. The first-order chi connectivity index (χ1) is 20.3. The second-order valence-electron chi connectivity index (χ2n) is 10.3. The predicted molar refractivity (Wildman–Crippen MR) is 159 cm³/mol. The van der Waals surface area contributed by atoms with Crippen LogP contribution in [0.4, 0.5) is 0 Å². The summed E-state index contributed by atoms with van der Waals surface area (Å²) in [4.78, 5) is 51.8. The summed E-state index contributed by atoms with van der Waals surface area (Å²) < 4.78 is 13.7. The molecule has 2 aromatic heterocycles. The summed E-state index contributed by atoms with van der Waals surface area (Å²) in [6.07, 6.45) is 0.107. The first kappa shape index (κ1) is 27.0. The number of carbonyl (C=O) groups is 2. The van der Waals surface area contributed by atoms with E-state index >= 15 is 0 Å². The van der Waals surface area contributed by atoms with Crippen LogP contribution in [0.25, 0.3) is 21.5 Å². The predicted octanol–water partition coefficient (Wildman–Crippen LogP) is 4.69. The normalized spacial score (nSPS) is 11.4. The van der Waals surface area contributed by atoms with Crippen molar-refractivity contribution < 1.29 is 19.1 Å². The fourth-order valence-electron chi connectivity index (χ4n) is 5.50. The Kier molecular flexibility index (Phi) is 7.04. The highest BCUT2D eigenvalue weighted by atomic mass is 16.5. The molecule has 4 aromatic carbocycles. The molecule has 0 amide bonds. The molecule has 0 radical (unpaired) electrons. The van der Waals surface area contributed by atoms with Gasteiger partial charge >= 0.3 is 11.9 Å². The topological polar surface area (TPSA) is 95.6 Å². The van der Waals surface area contributed by atoms with Crippen LogP contribution >= 0.6 is 0 Å². The molecule has 0 unspecified atom stereocenters. The van der Waals surface area contributed by atoms with Crippen molar-refractivity contribution in [3.63, 3.8) is 0 Å². The van der Waals surface area contributed by atoms with E-state index in [1.165, 1.54) is 4.52 Å². The molecule has 2 heterocycles. The second kappa shape index (κ2) is 11.0. The van der Waals surface area contributed by atoms with Gasteiger partial charge in [0, 0.05) is 11.1 Å². The molecule has 0 bridgehead atoms. The molecular weight excluding hydrogens is 532 g/mol. The maximum Gasteiger partial charge on any atom is 0.310 e. The molecule has 0 aliphatic rings. The van der Waals surface area contributed by atoms with E-state index in [1.807, 2.05) is 84.9 Å². The number of benzene rings is 4. The van der Waals surface area contributed by atoms with Crippen LogP contribution in [0.15, 0.2) is 94.5 Å². The summed E-state index contributed by atoms with van der Waals surface area (Å²) in [6, 6.07) is 27.1. The fraction of sp³-hybridized carbons (Fsp3) is 0.176. The number of aromatic nitrogens is 2. The third-order valence-electron chi connectivity index (χ3n) is 7.77. The molecule has 8 heteroatoms. The molecule has 0 aliphatic carbocycles. The van der Waals surface area contributed by atoms with Crippen molar-refractivity contribution in [3.05, 3.63) is 139 Å². The highest BCUT2D eigenvalue weighted by Gasteiger charge is 2.24. The van der Waals surface area contributed by atoms with E-state index in [0.29, 0.717) is 11.4 Å². The monoisotopic (exact) mass is 560 g/mol. The summed E-state index contributed by atoms with van der Waals surface area (Å²) in [5.74, 6) is -0.932. The SMILES string of the molecule is Cc1c(COC(=O)Cc2cccc3ccccc23)n2c(COC(=O)Cc3cccc4ccccc34)c(C)c(=O)n2c1=O. The first-order valence-electron chi connectivity index (χ1n) is 13.7. The molecular formula is C34H28N2O6. The van der Waals surface area contributed by atoms with Gasteiger partial charge in [-0.2, -0.15) is 4.52 Å². The van der Waals surface area contributed by atoms with Crippen molar-refractivity contribution in [1.29, 1.82) is 0 Å². The lowest BCUT2D eigenvalue weighted by Crippen LogP contribution is -2.23. The van der Waals surface area contributed by atoms with Gasteiger partial charge in [-0.25, -0.2) is 4.52 Å². The minimum absolute atomic E-state index is 0.0534. The molecule has 0 aliphatic heterocycles. The van der Waals surface area contributed by atoms with Crippen LogP contribution in [-0.2, 0) is 45.1 Å². The molecule has 6 aromatic rings. The Hall–Kier alpha value is -5.24. The number of ether oxygens (including phenoxy) is 2. The van der Waals surface area contributed by atoms with Gasteiger partial charge in [0.05, 0.1) is 24.2 Å². The number of fused-ring (bicyclic) bond motifs is 3. The van der Waals surface area contributed by atoms with Crippen LogP contribution in [0.1, 0.15) is 33.6 Å². The Morgan fingerprint density at radius 3 is 1.43 bits per heavy atom. The van der Waals surface area contributed by atoms with Gasteiger partial charge in [-0.05, 0) is 46.5 Å². The Labute approximate surface area is 240 Å². The highest BCUT2D eigenvalue weighted by molar-refractivity contribution is 5.90. The molecule has 8 nitrogen and oxygen atoms in total. The molecule has 0 saturated carbocycles. The van der Waals surface area contributed by atoms with Gasteiger partial charge in [-0.15, -0.1) is 0 Å². The quantitative estimate of drug-likeness (QED) is 0.251. The molecule has 0 N–H and O–H groups in total. The number of carbonyl (C=O) groups excluding carboxylic acids is 2. The summed E-state index contributed by atoms with van der Waals surface area (Å²) in [5.41, 5.74) is 1.95. The summed E-state index contributed by atoms with van der Waals surface area (Å²) in [7, 11) is 0. The zero-order chi connectivity index (χ0) is 29.4. The van der Waals surface area contributed by atoms with Crippen molar-refractivity contribution in [3.8, 4) is 0 Å². The van der Waals surface area contributed by atoms with Gasteiger partial charge < -0.3 is 9.47 Å². The minimum atomic E-state index is -0.503. The van der Waals surface area contributed by atoms with E-state index in [-0.39, 0.29) is 37.2 Å². The van der Waals surface area contributed by atoms with E-state index in [9.17, 15) is 19.2 Å². The lowest BCUT2D eigenvalue weighted by Gasteiger charge is -2.10. The largest absolute Gasteiger partial charge is 0.459 e. The standard InChI is InChI=1S/C34H28N2O6/c1-21-29(19-41-31(37)17-25-13-7-11-23-9-3-5-15-27(23)25)35-30(22(2)34(40)36(35)33(21)39)20-42-32(38)18-26-14-8-12-24-10-4-6-16-28(24)26/h3-16H,17-20H2,1-2H3. The van der Waals surface area contributed by atoms with Crippen molar-refractivity contribution >= 4 is 33.5 Å². The number of hydrogen-bond donors (Lipinski definition) is 0. The summed E-state index contributed by atoms with van der Waals surface area (Å²) >= 11 is 0. The number of rotatable bonds is 8. The van der Waals surface area contributed by atoms with Crippen LogP contribution < -0.4 is 11.1 Å². The average Bonchev–Trinajstić information content (AvgIpc) is 3.39. The smallest absolute Gasteiger partial charge is 0.310 e. The fourth-order valence-corrected chi connectivity index (χ4v) is 5.50. The molecule has 6 rings (SSSR count). The Bertz CT molecular complexity index is 1950. The molecule has 0 fully saturated rings. The van der Waals surface area contributed by atoms with Crippen molar-refractivity contribution in [2.24, 2.45) is 0 Å². The van der Waals surface area contributed by atoms with Gasteiger partial charge in [-0.1, -0.05) is 84.9 Å². The van der Waals surface area contributed by atoms with E-state index in [2.05, 4.69) is 0 Å². The first-order valence-corrected chi connectivity index (χ1v) is 13.7. The van der Waals surface area contributed by atoms with E-state index in [1.54, 1.807) is 13.8 Å². The third kappa shape index (κ3) is 4.81. The zero-order valence-electron chi connectivity index (χ0n) is 23.3. The van der Waals surface area contributed by atoms with Crippen molar-refractivity contribution in [2.75, 3.05) is 0 Å². The zero-order valence-corrected chi connectivity index (χ0v) is 23.3. The van der Waals surface area contributed by atoms with Gasteiger partial charge in [-0.3, -0.25) is 19.2 Å². The van der Waals surface area contributed by atoms with Gasteiger partial charge in [0.2, 0.25) is 0 Å². The highest BCUT2D eigenvalue weighted by Crippen LogP contribution is 2.21. The minimum Gasteiger partial charge on any atom is -0.459 e.